The standard InChI is InChI=1S/C16H14FN3O4S/c17-13-6-1-2-7-14(13)19-16(22)10-25-9-15(21)18-11-4-3-5-12(8-11)20(23)24/h1-8H,9-10H2,(H,18,21)(H,19,22). The molecule has 0 heterocycles. The van der Waals surface area contributed by atoms with Crippen molar-refractivity contribution in [2.24, 2.45) is 0 Å². The minimum absolute atomic E-state index is 0.0205. The Hall–Kier alpha value is -2.94. The van der Waals surface area contributed by atoms with Crippen LogP contribution in [0.3, 0.4) is 0 Å². The van der Waals surface area contributed by atoms with Crippen molar-refractivity contribution in [2.45, 2.75) is 0 Å². The lowest BCUT2D eigenvalue weighted by atomic mass is 10.3. The van der Waals surface area contributed by atoms with Gasteiger partial charge in [0, 0.05) is 17.8 Å². The molecule has 2 amide bonds. The molecule has 0 aromatic heterocycles. The molecule has 0 bridgehead atoms. The number of anilines is 2. The number of hydrogen-bond acceptors (Lipinski definition) is 5. The summed E-state index contributed by atoms with van der Waals surface area (Å²) in [6.07, 6.45) is 0. The van der Waals surface area contributed by atoms with Crippen molar-refractivity contribution in [1.29, 1.82) is 0 Å². The third-order valence-electron chi connectivity index (χ3n) is 2.95. The molecule has 0 atom stereocenters. The van der Waals surface area contributed by atoms with E-state index in [-0.39, 0.29) is 22.9 Å². The van der Waals surface area contributed by atoms with Gasteiger partial charge in [0.25, 0.3) is 5.69 Å². The summed E-state index contributed by atoms with van der Waals surface area (Å²) >= 11 is 1.04. The van der Waals surface area contributed by atoms with E-state index < -0.39 is 22.6 Å². The Morgan fingerprint density at radius 2 is 1.72 bits per heavy atom. The second-order valence-corrected chi connectivity index (χ2v) is 5.86. The third-order valence-corrected chi connectivity index (χ3v) is 3.89. The Bertz CT molecular complexity index is 800. The topological polar surface area (TPSA) is 101 Å². The molecule has 0 saturated heterocycles. The summed E-state index contributed by atoms with van der Waals surface area (Å²) in [4.78, 5) is 33.6. The van der Waals surface area contributed by atoms with Crippen molar-refractivity contribution in [3.8, 4) is 0 Å². The zero-order chi connectivity index (χ0) is 18.2. The molecule has 7 nitrogen and oxygen atoms in total. The molecule has 2 rings (SSSR count). The average Bonchev–Trinajstić information content (AvgIpc) is 2.57. The molecule has 0 aliphatic carbocycles. The number of carbonyl (C=O) groups excluding carboxylic acids is 2. The summed E-state index contributed by atoms with van der Waals surface area (Å²) < 4.78 is 13.4. The fourth-order valence-corrected chi connectivity index (χ4v) is 2.50. The van der Waals surface area contributed by atoms with Gasteiger partial charge in [-0.05, 0) is 18.2 Å². The molecular formula is C16H14FN3O4S. The van der Waals surface area contributed by atoms with Gasteiger partial charge in [-0.15, -0.1) is 11.8 Å². The number of thioether (sulfide) groups is 1. The first-order chi connectivity index (χ1) is 12.0. The van der Waals surface area contributed by atoms with Crippen LogP contribution >= 0.6 is 11.8 Å². The molecule has 0 saturated carbocycles. The highest BCUT2D eigenvalue weighted by atomic mass is 32.2. The fraction of sp³-hybridized carbons (Fsp3) is 0.125. The summed E-state index contributed by atoms with van der Waals surface area (Å²) in [6, 6.07) is 11.3. The summed E-state index contributed by atoms with van der Waals surface area (Å²) in [5, 5.41) is 15.6. The molecule has 2 aromatic carbocycles. The normalized spacial score (nSPS) is 10.1. The number of halogens is 1. The van der Waals surface area contributed by atoms with Crippen molar-refractivity contribution in [1.82, 2.24) is 0 Å². The number of nitrogens with one attached hydrogen (secondary N) is 2. The number of para-hydroxylation sites is 1. The largest absolute Gasteiger partial charge is 0.325 e. The highest BCUT2D eigenvalue weighted by molar-refractivity contribution is 8.00. The van der Waals surface area contributed by atoms with Crippen LogP contribution in [-0.2, 0) is 9.59 Å². The number of amides is 2. The molecular weight excluding hydrogens is 349 g/mol. The van der Waals surface area contributed by atoms with E-state index in [4.69, 9.17) is 0 Å². The van der Waals surface area contributed by atoms with Crippen LogP contribution in [0.25, 0.3) is 0 Å². The van der Waals surface area contributed by atoms with E-state index in [9.17, 15) is 24.1 Å². The van der Waals surface area contributed by atoms with Crippen LogP contribution in [0.1, 0.15) is 0 Å². The molecule has 0 fully saturated rings. The van der Waals surface area contributed by atoms with Crippen LogP contribution < -0.4 is 10.6 Å². The molecule has 2 aromatic rings. The van der Waals surface area contributed by atoms with Gasteiger partial charge in [0.05, 0.1) is 22.1 Å². The van der Waals surface area contributed by atoms with Gasteiger partial charge in [-0.25, -0.2) is 4.39 Å². The quantitative estimate of drug-likeness (QED) is 0.582. The van der Waals surface area contributed by atoms with Crippen molar-refractivity contribution < 1.29 is 18.9 Å². The summed E-state index contributed by atoms with van der Waals surface area (Å²) in [5.74, 6) is -1.42. The van der Waals surface area contributed by atoms with Gasteiger partial charge in [0.15, 0.2) is 0 Å². The van der Waals surface area contributed by atoms with E-state index in [2.05, 4.69) is 10.6 Å². The summed E-state index contributed by atoms with van der Waals surface area (Å²) in [5.41, 5.74) is 0.250. The minimum Gasteiger partial charge on any atom is -0.325 e. The molecule has 0 spiro atoms. The van der Waals surface area contributed by atoms with Gasteiger partial charge in [-0.2, -0.15) is 0 Å². The molecule has 25 heavy (non-hydrogen) atoms. The van der Waals surface area contributed by atoms with Crippen molar-refractivity contribution in [3.05, 3.63) is 64.5 Å². The number of benzene rings is 2. The highest BCUT2D eigenvalue weighted by Gasteiger charge is 2.10. The Morgan fingerprint density at radius 3 is 2.40 bits per heavy atom. The van der Waals surface area contributed by atoms with Crippen molar-refractivity contribution >= 4 is 40.6 Å². The van der Waals surface area contributed by atoms with Crippen molar-refractivity contribution in [2.75, 3.05) is 22.1 Å². The van der Waals surface area contributed by atoms with Crippen LogP contribution in [0.2, 0.25) is 0 Å². The van der Waals surface area contributed by atoms with Gasteiger partial charge in [0.2, 0.25) is 11.8 Å². The fourth-order valence-electron chi connectivity index (χ4n) is 1.88. The highest BCUT2D eigenvalue weighted by Crippen LogP contribution is 2.17. The van der Waals surface area contributed by atoms with Crippen LogP contribution in [0.15, 0.2) is 48.5 Å². The molecule has 0 unspecified atom stereocenters. The molecule has 2 N–H and O–H groups in total. The number of nitrogens with zero attached hydrogens (tertiary/aromatic N) is 1. The maximum atomic E-state index is 13.4. The second kappa shape index (κ2) is 8.78. The lowest BCUT2D eigenvalue weighted by molar-refractivity contribution is -0.384. The average molecular weight is 363 g/mol. The number of carbonyl (C=O) groups is 2. The van der Waals surface area contributed by atoms with Crippen LogP contribution in [0.4, 0.5) is 21.5 Å². The first kappa shape index (κ1) is 18.4. The Balaban J connectivity index is 1.77. The number of nitro benzene ring substituents is 1. The minimum atomic E-state index is -0.558. The number of rotatable bonds is 7. The Labute approximate surface area is 146 Å². The van der Waals surface area contributed by atoms with E-state index in [1.807, 2.05) is 0 Å². The van der Waals surface area contributed by atoms with Gasteiger partial charge in [0.1, 0.15) is 5.82 Å². The van der Waals surface area contributed by atoms with Crippen molar-refractivity contribution in [3.63, 3.8) is 0 Å². The SMILES string of the molecule is O=C(CSCC(=O)Nc1ccccc1F)Nc1cccc([N+](=O)[O-])c1. The Morgan fingerprint density at radius 1 is 1.04 bits per heavy atom. The van der Waals surface area contributed by atoms with E-state index in [0.717, 1.165) is 11.8 Å². The molecule has 9 heteroatoms. The molecule has 130 valence electrons. The smallest absolute Gasteiger partial charge is 0.271 e. The van der Waals surface area contributed by atoms with Crippen LogP contribution in [-0.4, -0.2) is 28.2 Å². The van der Waals surface area contributed by atoms with E-state index in [1.165, 1.54) is 42.5 Å². The first-order valence-electron chi connectivity index (χ1n) is 7.12. The predicted octanol–water partition coefficient (Wildman–Crippen LogP) is 3.04. The van der Waals surface area contributed by atoms with Crippen LogP contribution in [0, 0.1) is 15.9 Å². The molecule has 0 aliphatic heterocycles. The second-order valence-electron chi connectivity index (χ2n) is 4.88. The van der Waals surface area contributed by atoms with Gasteiger partial charge in [-0.1, -0.05) is 18.2 Å². The summed E-state index contributed by atoms with van der Waals surface area (Å²) in [7, 11) is 0. The zero-order valence-electron chi connectivity index (χ0n) is 12.9. The predicted molar refractivity (Wildman–Crippen MR) is 94.1 cm³/mol. The third kappa shape index (κ3) is 5.88. The lowest BCUT2D eigenvalue weighted by Gasteiger charge is -2.07. The number of non-ortho nitro benzene ring substituents is 1. The summed E-state index contributed by atoms with van der Waals surface area (Å²) in [6.45, 7) is 0. The first-order valence-corrected chi connectivity index (χ1v) is 8.27. The monoisotopic (exact) mass is 363 g/mol. The molecule has 0 aliphatic rings. The van der Waals surface area contributed by atoms with Gasteiger partial charge in [-0.3, -0.25) is 19.7 Å². The zero-order valence-corrected chi connectivity index (χ0v) is 13.7. The number of nitro groups is 1. The van der Waals surface area contributed by atoms with Gasteiger partial charge >= 0.3 is 0 Å². The maximum absolute atomic E-state index is 13.4. The van der Waals surface area contributed by atoms with E-state index in [1.54, 1.807) is 6.07 Å². The number of hydrogen-bond donors (Lipinski definition) is 2. The Kier molecular flexibility index (Phi) is 6.47. The van der Waals surface area contributed by atoms with Gasteiger partial charge < -0.3 is 10.6 Å². The lowest BCUT2D eigenvalue weighted by Crippen LogP contribution is -2.18. The maximum Gasteiger partial charge on any atom is 0.271 e. The van der Waals surface area contributed by atoms with E-state index in [0.29, 0.717) is 5.69 Å². The van der Waals surface area contributed by atoms with E-state index >= 15 is 0 Å². The van der Waals surface area contributed by atoms with Crippen LogP contribution in [0.5, 0.6) is 0 Å². The molecule has 0 radical (unpaired) electrons.